The van der Waals surface area contributed by atoms with Crippen LogP contribution in [0.15, 0.2) is 60.2 Å². The highest BCUT2D eigenvalue weighted by Gasteiger charge is 2.35. The van der Waals surface area contributed by atoms with Crippen LogP contribution in [0.4, 0.5) is 18.9 Å². The third-order valence-corrected chi connectivity index (χ3v) is 5.95. The van der Waals surface area contributed by atoms with Crippen molar-refractivity contribution in [3.8, 4) is 5.69 Å². The Balaban J connectivity index is 1.72. The van der Waals surface area contributed by atoms with E-state index < -0.39 is 23.6 Å². The first kappa shape index (κ1) is 23.7. The van der Waals surface area contributed by atoms with Gasteiger partial charge in [0.1, 0.15) is 5.57 Å². The molecule has 0 atom stereocenters. The summed E-state index contributed by atoms with van der Waals surface area (Å²) in [6.45, 7) is 3.54. The molecule has 1 aromatic heterocycles. The lowest BCUT2D eigenvalue weighted by molar-refractivity contribution is -0.137. The fraction of sp³-hybridized carbons (Fsp3) is 0.125. The lowest BCUT2D eigenvalue weighted by Gasteiger charge is -2.28. The van der Waals surface area contributed by atoms with E-state index in [0.29, 0.717) is 27.7 Å². The predicted molar refractivity (Wildman–Crippen MR) is 128 cm³/mol. The van der Waals surface area contributed by atoms with Gasteiger partial charge < -0.3 is 4.57 Å². The molecule has 0 unspecified atom stereocenters. The molecule has 3 aromatic rings. The van der Waals surface area contributed by atoms with Crippen LogP contribution in [0.3, 0.4) is 0 Å². The molecule has 0 saturated carbocycles. The number of carbonyl (C=O) groups is 2. The maximum Gasteiger partial charge on any atom is 0.416 e. The number of amides is 2. The van der Waals surface area contributed by atoms with Gasteiger partial charge >= 0.3 is 6.18 Å². The number of aromatic nitrogens is 1. The van der Waals surface area contributed by atoms with Crippen LogP contribution < -0.4 is 10.2 Å². The molecule has 1 fully saturated rings. The summed E-state index contributed by atoms with van der Waals surface area (Å²) in [5.74, 6) is -1.24. The van der Waals surface area contributed by atoms with Crippen LogP contribution >= 0.6 is 23.8 Å². The molecular formula is C24H17ClF3N3O2S. The lowest BCUT2D eigenvalue weighted by Crippen LogP contribution is -2.54. The number of hydrogen-bond acceptors (Lipinski definition) is 3. The molecule has 0 aliphatic carbocycles. The van der Waals surface area contributed by atoms with Crippen molar-refractivity contribution in [2.75, 3.05) is 4.90 Å². The number of rotatable bonds is 3. The largest absolute Gasteiger partial charge is 0.416 e. The molecule has 34 heavy (non-hydrogen) atoms. The molecule has 1 aliphatic rings. The molecule has 0 bridgehead atoms. The smallest absolute Gasteiger partial charge is 0.318 e. The topological polar surface area (TPSA) is 54.3 Å². The predicted octanol–water partition coefficient (Wildman–Crippen LogP) is 5.60. The van der Waals surface area contributed by atoms with Gasteiger partial charge in [0.15, 0.2) is 5.11 Å². The van der Waals surface area contributed by atoms with E-state index in [2.05, 4.69) is 5.32 Å². The minimum absolute atomic E-state index is 0.0512. The highest BCUT2D eigenvalue weighted by Crippen LogP contribution is 2.31. The molecule has 174 valence electrons. The quantitative estimate of drug-likeness (QED) is 0.288. The lowest BCUT2D eigenvalue weighted by atomic mass is 10.1. The zero-order valence-corrected chi connectivity index (χ0v) is 19.5. The van der Waals surface area contributed by atoms with Gasteiger partial charge in [-0.15, -0.1) is 0 Å². The van der Waals surface area contributed by atoms with E-state index >= 15 is 0 Å². The fourth-order valence-corrected chi connectivity index (χ4v) is 4.18. The molecule has 2 aromatic carbocycles. The Morgan fingerprint density at radius 3 is 2.15 bits per heavy atom. The molecule has 0 radical (unpaired) electrons. The van der Waals surface area contributed by atoms with Crippen LogP contribution in [0.2, 0.25) is 5.02 Å². The van der Waals surface area contributed by atoms with E-state index in [0.717, 1.165) is 17.8 Å². The van der Waals surface area contributed by atoms with Gasteiger partial charge in [-0.25, -0.2) is 0 Å². The Kier molecular flexibility index (Phi) is 6.09. The zero-order chi connectivity index (χ0) is 24.8. The first-order valence-electron chi connectivity index (χ1n) is 10.0. The van der Waals surface area contributed by atoms with Gasteiger partial charge in [0.05, 0.1) is 11.3 Å². The van der Waals surface area contributed by atoms with Crippen molar-refractivity contribution in [3.05, 3.63) is 87.7 Å². The van der Waals surface area contributed by atoms with E-state index in [9.17, 15) is 22.8 Å². The third kappa shape index (κ3) is 4.36. The Hall–Kier alpha value is -3.43. The van der Waals surface area contributed by atoms with Crippen molar-refractivity contribution in [2.45, 2.75) is 20.0 Å². The molecule has 1 aliphatic heterocycles. The number of benzene rings is 2. The molecule has 2 amide bonds. The van der Waals surface area contributed by atoms with Crippen LogP contribution in [0.5, 0.6) is 0 Å². The fourth-order valence-electron chi connectivity index (χ4n) is 3.77. The van der Waals surface area contributed by atoms with Crippen LogP contribution in [0, 0.1) is 13.8 Å². The third-order valence-electron chi connectivity index (χ3n) is 5.41. The number of thiocarbonyl (C=S) groups is 1. The summed E-state index contributed by atoms with van der Waals surface area (Å²) in [6, 6.07) is 12.9. The van der Waals surface area contributed by atoms with Gasteiger partial charge in [0.2, 0.25) is 0 Å². The monoisotopic (exact) mass is 503 g/mol. The SMILES string of the molecule is Cc1cc(C=C2C(=O)NC(=S)N(c3ccc(Cl)cc3)C2=O)c(C)n1-c1ccc(C(F)(F)F)cc1. The number of halogens is 4. The van der Waals surface area contributed by atoms with E-state index in [4.69, 9.17) is 23.8 Å². The molecule has 1 saturated heterocycles. The van der Waals surface area contributed by atoms with Crippen LogP contribution in [0.25, 0.3) is 11.8 Å². The minimum atomic E-state index is -4.43. The van der Waals surface area contributed by atoms with Crippen molar-refractivity contribution in [2.24, 2.45) is 0 Å². The number of alkyl halides is 3. The number of aryl methyl sites for hydroxylation is 1. The van der Waals surface area contributed by atoms with E-state index in [-0.39, 0.29) is 10.7 Å². The first-order chi connectivity index (χ1) is 16.0. The molecule has 1 N–H and O–H groups in total. The first-order valence-corrected chi connectivity index (χ1v) is 10.8. The van der Waals surface area contributed by atoms with E-state index in [1.165, 1.54) is 23.1 Å². The van der Waals surface area contributed by atoms with Gasteiger partial charge in [-0.2, -0.15) is 13.2 Å². The normalized spacial score (nSPS) is 15.8. The molecule has 4 rings (SSSR count). The number of hydrogen-bond donors (Lipinski definition) is 1. The minimum Gasteiger partial charge on any atom is -0.318 e. The summed E-state index contributed by atoms with van der Waals surface area (Å²) in [5, 5.41) is 2.95. The van der Waals surface area contributed by atoms with Crippen molar-refractivity contribution >= 4 is 52.5 Å². The Morgan fingerprint density at radius 1 is 0.971 bits per heavy atom. The number of carbonyl (C=O) groups excluding carboxylic acids is 2. The number of anilines is 1. The Morgan fingerprint density at radius 2 is 1.56 bits per heavy atom. The maximum absolute atomic E-state index is 13.2. The van der Waals surface area contributed by atoms with Crippen molar-refractivity contribution in [1.82, 2.24) is 9.88 Å². The highest BCUT2D eigenvalue weighted by molar-refractivity contribution is 7.80. The molecule has 2 heterocycles. The molecule has 0 spiro atoms. The second kappa shape index (κ2) is 8.73. The second-order valence-electron chi connectivity index (χ2n) is 7.64. The summed E-state index contributed by atoms with van der Waals surface area (Å²) in [6.07, 6.45) is -2.98. The number of nitrogens with one attached hydrogen (secondary N) is 1. The summed E-state index contributed by atoms with van der Waals surface area (Å²) < 4.78 is 40.5. The van der Waals surface area contributed by atoms with Crippen LogP contribution in [-0.2, 0) is 15.8 Å². The summed E-state index contributed by atoms with van der Waals surface area (Å²) in [5.41, 5.74) is 2.03. The summed E-state index contributed by atoms with van der Waals surface area (Å²) in [4.78, 5) is 27.0. The Labute approximate surface area is 203 Å². The summed E-state index contributed by atoms with van der Waals surface area (Å²) in [7, 11) is 0. The van der Waals surface area contributed by atoms with Gasteiger partial charge in [-0.05, 0) is 92.3 Å². The van der Waals surface area contributed by atoms with E-state index in [1.807, 2.05) is 0 Å². The van der Waals surface area contributed by atoms with Gasteiger partial charge in [0, 0.05) is 22.1 Å². The maximum atomic E-state index is 13.2. The highest BCUT2D eigenvalue weighted by atomic mass is 35.5. The molecule has 5 nitrogen and oxygen atoms in total. The molecule has 10 heteroatoms. The van der Waals surface area contributed by atoms with E-state index in [1.54, 1.807) is 48.7 Å². The molecular weight excluding hydrogens is 487 g/mol. The Bertz CT molecular complexity index is 1340. The average Bonchev–Trinajstić information content (AvgIpc) is 3.04. The van der Waals surface area contributed by atoms with Crippen molar-refractivity contribution in [3.63, 3.8) is 0 Å². The van der Waals surface area contributed by atoms with Crippen molar-refractivity contribution in [1.29, 1.82) is 0 Å². The second-order valence-corrected chi connectivity index (χ2v) is 8.46. The van der Waals surface area contributed by atoms with Gasteiger partial charge in [-0.1, -0.05) is 11.6 Å². The summed E-state index contributed by atoms with van der Waals surface area (Å²) >= 11 is 11.1. The standard InChI is InChI=1S/C24H17ClF3N3O2S/c1-13-11-15(14(2)30(13)18-7-3-16(4-8-18)24(26,27)28)12-20-21(32)29-23(34)31(22(20)33)19-9-5-17(25)6-10-19/h3-12H,1-2H3,(H,29,32,34). The average molecular weight is 504 g/mol. The van der Waals surface area contributed by atoms with Crippen LogP contribution in [-0.4, -0.2) is 21.5 Å². The van der Waals surface area contributed by atoms with Crippen LogP contribution in [0.1, 0.15) is 22.5 Å². The number of nitrogens with zero attached hydrogens (tertiary/aromatic N) is 2. The van der Waals surface area contributed by atoms with Crippen molar-refractivity contribution < 1.29 is 22.8 Å². The van der Waals surface area contributed by atoms with Gasteiger partial charge in [-0.3, -0.25) is 19.8 Å². The van der Waals surface area contributed by atoms with Gasteiger partial charge in [0.25, 0.3) is 11.8 Å². The zero-order valence-electron chi connectivity index (χ0n) is 17.9.